The van der Waals surface area contributed by atoms with Crippen molar-refractivity contribution in [2.45, 2.75) is 24.5 Å². The molecule has 2 aliphatic carbocycles. The average Bonchev–Trinajstić information content (AvgIpc) is 2.46. The Hall–Kier alpha value is -0.650. The summed E-state index contributed by atoms with van der Waals surface area (Å²) in [5.74, 6) is -1.54. The van der Waals surface area contributed by atoms with E-state index in [4.69, 9.17) is 0 Å². The second-order valence-corrected chi connectivity index (χ2v) is 5.74. The van der Waals surface area contributed by atoms with Gasteiger partial charge in [0.1, 0.15) is 5.25 Å². The van der Waals surface area contributed by atoms with Gasteiger partial charge in [0.05, 0.1) is 13.0 Å². The monoisotopic (exact) mass is 236 g/mol. The number of carbonyl (C=O) groups is 1. The second kappa shape index (κ2) is 3.43. The topological polar surface area (TPSA) is 60.4 Å². The molecule has 2 rings (SSSR count). The van der Waals surface area contributed by atoms with Crippen LogP contribution in [0.15, 0.2) is 0 Å². The van der Waals surface area contributed by atoms with Crippen LogP contribution in [0.25, 0.3) is 0 Å². The lowest BCUT2D eigenvalue weighted by molar-refractivity contribution is -0.153. The first-order valence-corrected chi connectivity index (χ1v) is 6.43. The van der Waals surface area contributed by atoms with Gasteiger partial charge >= 0.3 is 16.2 Å². The van der Waals surface area contributed by atoms with E-state index in [1.807, 2.05) is 0 Å². The fraction of sp³-hybridized carbons (Fsp3) is 0.889. The number of hydrogen-bond donors (Lipinski definition) is 0. The highest BCUT2D eigenvalue weighted by atomic mass is 32.3. The lowest BCUT2D eigenvalue weighted by atomic mass is 9.66. The van der Waals surface area contributed by atoms with Crippen molar-refractivity contribution < 1.29 is 21.8 Å². The Morgan fingerprint density at radius 2 is 1.93 bits per heavy atom. The standard InChI is InChI=1S/C9H13FO4S/c1-14-9(11)7-5-3-2-4-6(5)8(7)15(10,12)13/h5-8H,2-4H2,1H3/t5-,6+,7-,8-/m0/s1. The van der Waals surface area contributed by atoms with Gasteiger partial charge in [0, 0.05) is 0 Å². The summed E-state index contributed by atoms with van der Waals surface area (Å²) in [6.45, 7) is 0. The van der Waals surface area contributed by atoms with E-state index in [0.29, 0.717) is 6.42 Å². The number of methoxy groups -OCH3 is 1. The SMILES string of the molecule is COC(=O)[C@H]1[C@H]2CCC[C@H]2[C@@H]1S(=O)(=O)F. The van der Waals surface area contributed by atoms with Crippen LogP contribution >= 0.6 is 0 Å². The first-order chi connectivity index (χ1) is 6.96. The third-order valence-electron chi connectivity index (χ3n) is 3.66. The zero-order valence-corrected chi connectivity index (χ0v) is 9.17. The van der Waals surface area contributed by atoms with Crippen LogP contribution in [0.5, 0.6) is 0 Å². The van der Waals surface area contributed by atoms with Crippen LogP contribution in [0.3, 0.4) is 0 Å². The van der Waals surface area contributed by atoms with Gasteiger partial charge in [-0.05, 0) is 24.7 Å². The number of esters is 1. The van der Waals surface area contributed by atoms with Crippen LogP contribution in [0.4, 0.5) is 3.89 Å². The summed E-state index contributed by atoms with van der Waals surface area (Å²) in [5.41, 5.74) is 0. The van der Waals surface area contributed by atoms with Crippen molar-refractivity contribution in [3.63, 3.8) is 0 Å². The van der Waals surface area contributed by atoms with E-state index >= 15 is 0 Å². The molecule has 0 radical (unpaired) electrons. The van der Waals surface area contributed by atoms with Gasteiger partial charge < -0.3 is 4.74 Å². The van der Waals surface area contributed by atoms with E-state index < -0.39 is 27.4 Å². The lowest BCUT2D eigenvalue weighted by Crippen LogP contribution is -2.55. The highest BCUT2D eigenvalue weighted by Crippen LogP contribution is 2.54. The molecule has 4 atom stereocenters. The van der Waals surface area contributed by atoms with Crippen LogP contribution in [-0.2, 0) is 19.8 Å². The Morgan fingerprint density at radius 1 is 1.33 bits per heavy atom. The summed E-state index contributed by atoms with van der Waals surface area (Å²) in [6, 6.07) is 0. The van der Waals surface area contributed by atoms with Gasteiger partial charge in [0.15, 0.2) is 0 Å². The first kappa shape index (κ1) is 10.9. The van der Waals surface area contributed by atoms with Gasteiger partial charge in [-0.25, -0.2) is 0 Å². The number of hydrogen-bond acceptors (Lipinski definition) is 4. The number of halogens is 1. The van der Waals surface area contributed by atoms with Crippen molar-refractivity contribution in [2.75, 3.05) is 7.11 Å². The number of rotatable bonds is 2. The molecular formula is C9H13FO4S. The molecule has 2 aliphatic rings. The maximum Gasteiger partial charge on any atom is 0.310 e. The maximum atomic E-state index is 13.0. The van der Waals surface area contributed by atoms with E-state index in [2.05, 4.69) is 4.74 Å². The molecule has 2 saturated carbocycles. The summed E-state index contributed by atoms with van der Waals surface area (Å²) >= 11 is 0. The molecule has 86 valence electrons. The highest BCUT2D eigenvalue weighted by Gasteiger charge is 2.61. The Labute approximate surface area is 88.0 Å². The molecule has 15 heavy (non-hydrogen) atoms. The van der Waals surface area contributed by atoms with Crippen molar-refractivity contribution in [3.8, 4) is 0 Å². The van der Waals surface area contributed by atoms with Crippen LogP contribution in [-0.4, -0.2) is 26.7 Å². The number of ether oxygens (including phenoxy) is 1. The average molecular weight is 236 g/mol. The molecule has 0 aromatic heterocycles. The van der Waals surface area contributed by atoms with Gasteiger partial charge in [-0.3, -0.25) is 4.79 Å². The summed E-state index contributed by atoms with van der Waals surface area (Å²) in [6.07, 6.45) is 2.37. The molecule has 0 amide bonds. The third kappa shape index (κ3) is 1.55. The smallest absolute Gasteiger partial charge is 0.310 e. The molecular weight excluding hydrogens is 223 g/mol. The second-order valence-electron chi connectivity index (χ2n) is 4.25. The van der Waals surface area contributed by atoms with Crippen molar-refractivity contribution in [1.82, 2.24) is 0 Å². The third-order valence-corrected chi connectivity index (χ3v) is 4.95. The summed E-state index contributed by atoms with van der Waals surface area (Å²) in [7, 11) is -3.42. The molecule has 0 aliphatic heterocycles. The molecule has 0 heterocycles. The molecule has 0 aromatic rings. The van der Waals surface area contributed by atoms with E-state index in [-0.39, 0.29) is 11.8 Å². The summed E-state index contributed by atoms with van der Waals surface area (Å²) < 4.78 is 39.3. The summed E-state index contributed by atoms with van der Waals surface area (Å²) in [4.78, 5) is 11.3. The minimum Gasteiger partial charge on any atom is -0.469 e. The van der Waals surface area contributed by atoms with Crippen LogP contribution in [0, 0.1) is 17.8 Å². The van der Waals surface area contributed by atoms with Gasteiger partial charge in [-0.2, -0.15) is 8.42 Å². The van der Waals surface area contributed by atoms with Crippen molar-refractivity contribution in [3.05, 3.63) is 0 Å². The molecule has 0 aromatic carbocycles. The highest BCUT2D eigenvalue weighted by molar-refractivity contribution is 7.87. The molecule has 0 saturated heterocycles. The maximum absolute atomic E-state index is 13.0. The van der Waals surface area contributed by atoms with Crippen LogP contribution in [0.1, 0.15) is 19.3 Å². The predicted octanol–water partition coefficient (Wildman–Crippen LogP) is 0.873. The molecule has 0 unspecified atom stereocenters. The Balaban J connectivity index is 2.25. The summed E-state index contributed by atoms with van der Waals surface area (Å²) in [5, 5.41) is -1.16. The van der Waals surface area contributed by atoms with E-state index in [0.717, 1.165) is 12.8 Å². The van der Waals surface area contributed by atoms with Crippen molar-refractivity contribution in [1.29, 1.82) is 0 Å². The fourth-order valence-electron chi connectivity index (χ4n) is 3.06. The first-order valence-electron chi connectivity index (χ1n) is 4.98. The minimum absolute atomic E-state index is 0.00738. The predicted molar refractivity (Wildman–Crippen MR) is 50.2 cm³/mol. The molecule has 0 spiro atoms. The molecule has 0 bridgehead atoms. The van der Waals surface area contributed by atoms with Crippen LogP contribution < -0.4 is 0 Å². The largest absolute Gasteiger partial charge is 0.469 e. The van der Waals surface area contributed by atoms with E-state index in [1.54, 1.807) is 0 Å². The van der Waals surface area contributed by atoms with Gasteiger partial charge in [-0.1, -0.05) is 6.42 Å². The Bertz CT molecular complexity index is 378. The normalized spacial score (nSPS) is 39.3. The molecule has 0 N–H and O–H groups in total. The number of fused-ring (bicyclic) bond motifs is 1. The zero-order chi connectivity index (χ0) is 11.2. The van der Waals surface area contributed by atoms with Gasteiger partial charge in [0.25, 0.3) is 0 Å². The van der Waals surface area contributed by atoms with Gasteiger partial charge in [-0.15, -0.1) is 3.89 Å². The van der Waals surface area contributed by atoms with Crippen molar-refractivity contribution in [2.24, 2.45) is 17.8 Å². The Morgan fingerprint density at radius 3 is 2.47 bits per heavy atom. The quantitative estimate of drug-likeness (QED) is 0.527. The van der Waals surface area contributed by atoms with Gasteiger partial charge in [0.2, 0.25) is 0 Å². The molecule has 4 nitrogen and oxygen atoms in total. The van der Waals surface area contributed by atoms with Crippen molar-refractivity contribution >= 4 is 16.2 Å². The fourth-order valence-corrected chi connectivity index (χ4v) is 4.48. The minimum atomic E-state index is -4.63. The Kier molecular flexibility index (Phi) is 2.48. The zero-order valence-electron chi connectivity index (χ0n) is 8.35. The van der Waals surface area contributed by atoms with Crippen LogP contribution in [0.2, 0.25) is 0 Å². The van der Waals surface area contributed by atoms with E-state index in [1.165, 1.54) is 7.11 Å². The lowest BCUT2D eigenvalue weighted by Gasteiger charge is -2.44. The molecule has 6 heteroatoms. The molecule has 2 fully saturated rings. The van der Waals surface area contributed by atoms with E-state index in [9.17, 15) is 17.1 Å². The number of carbonyl (C=O) groups excluding carboxylic acids is 1.